The van der Waals surface area contributed by atoms with Gasteiger partial charge in [0.25, 0.3) is 0 Å². The van der Waals surface area contributed by atoms with Crippen LogP contribution in [0.15, 0.2) is 11.6 Å². The molecule has 0 amide bonds. The average Bonchev–Trinajstić information content (AvgIpc) is 2.90. The van der Waals surface area contributed by atoms with Crippen molar-refractivity contribution < 1.29 is 0 Å². The summed E-state index contributed by atoms with van der Waals surface area (Å²) >= 11 is 1.73. The summed E-state index contributed by atoms with van der Waals surface area (Å²) in [5.74, 6) is 0.915. The van der Waals surface area contributed by atoms with E-state index in [4.69, 9.17) is 0 Å². The number of hydrogen-bond acceptors (Lipinski definition) is 4. The minimum Gasteiger partial charge on any atom is -0.313 e. The highest BCUT2D eigenvalue weighted by atomic mass is 32.1. The van der Waals surface area contributed by atoms with E-state index in [0.717, 1.165) is 12.5 Å². The molecule has 2 N–H and O–H groups in total. The molecule has 0 spiro atoms. The van der Waals surface area contributed by atoms with Crippen molar-refractivity contribution in [2.24, 2.45) is 5.92 Å². The number of rotatable bonds is 5. The molecule has 1 saturated heterocycles. The van der Waals surface area contributed by atoms with Gasteiger partial charge in [0.1, 0.15) is 5.01 Å². The largest absolute Gasteiger partial charge is 0.313 e. The highest BCUT2D eigenvalue weighted by Crippen LogP contribution is 2.20. The average molecular weight is 253 g/mol. The summed E-state index contributed by atoms with van der Waals surface area (Å²) in [5, 5.41) is 10.4. The summed E-state index contributed by atoms with van der Waals surface area (Å²) in [5.41, 5.74) is 0. The summed E-state index contributed by atoms with van der Waals surface area (Å²) in [6, 6.07) is 1.01. The molecule has 2 rings (SSSR count). The quantitative estimate of drug-likeness (QED) is 0.847. The fraction of sp³-hybridized carbons (Fsp3) is 0.769. The maximum Gasteiger partial charge on any atom is 0.109 e. The van der Waals surface area contributed by atoms with Crippen molar-refractivity contribution in [3.8, 4) is 0 Å². The molecule has 3 unspecified atom stereocenters. The van der Waals surface area contributed by atoms with E-state index < -0.39 is 0 Å². The van der Waals surface area contributed by atoms with Crippen molar-refractivity contribution in [1.82, 2.24) is 15.6 Å². The van der Waals surface area contributed by atoms with Gasteiger partial charge in [0.2, 0.25) is 0 Å². The van der Waals surface area contributed by atoms with Crippen LogP contribution in [0.3, 0.4) is 0 Å². The number of nitrogens with zero attached hydrogens (tertiary/aromatic N) is 1. The minimum absolute atomic E-state index is 0.374. The molecule has 1 fully saturated rings. The van der Waals surface area contributed by atoms with Crippen LogP contribution in [0.4, 0.5) is 0 Å². The molecule has 0 aromatic carbocycles. The van der Waals surface area contributed by atoms with Crippen LogP contribution in [0.2, 0.25) is 0 Å². The maximum atomic E-state index is 4.35. The van der Waals surface area contributed by atoms with Gasteiger partial charge in [-0.2, -0.15) is 0 Å². The molecule has 1 aliphatic heterocycles. The van der Waals surface area contributed by atoms with Crippen LogP contribution in [0, 0.1) is 5.92 Å². The zero-order valence-electron chi connectivity index (χ0n) is 10.8. The lowest BCUT2D eigenvalue weighted by atomic mass is 9.90. The topological polar surface area (TPSA) is 37.0 Å². The Labute approximate surface area is 108 Å². The Kier molecular flexibility index (Phi) is 4.95. The summed E-state index contributed by atoms with van der Waals surface area (Å²) in [6.45, 7) is 6.73. The fourth-order valence-corrected chi connectivity index (χ4v) is 3.15. The van der Waals surface area contributed by atoms with Crippen LogP contribution in [0.25, 0.3) is 0 Å². The number of nitrogens with one attached hydrogen (secondary N) is 2. The van der Waals surface area contributed by atoms with E-state index in [2.05, 4.69) is 29.5 Å². The molecule has 0 radical (unpaired) electrons. The van der Waals surface area contributed by atoms with Crippen LogP contribution < -0.4 is 10.6 Å². The highest BCUT2D eigenvalue weighted by molar-refractivity contribution is 7.09. The molecule has 1 aromatic heterocycles. The van der Waals surface area contributed by atoms with Crippen LogP contribution in [-0.4, -0.2) is 24.1 Å². The molecule has 4 heteroatoms. The first kappa shape index (κ1) is 13.0. The Morgan fingerprint density at radius 1 is 1.65 bits per heavy atom. The second-order valence-electron chi connectivity index (χ2n) is 4.95. The lowest BCUT2D eigenvalue weighted by Crippen LogP contribution is -2.44. The Morgan fingerprint density at radius 3 is 3.24 bits per heavy atom. The number of piperidine rings is 1. The van der Waals surface area contributed by atoms with E-state index in [1.54, 1.807) is 11.3 Å². The molecule has 3 nitrogen and oxygen atoms in total. The van der Waals surface area contributed by atoms with Crippen LogP contribution >= 0.6 is 11.3 Å². The zero-order valence-corrected chi connectivity index (χ0v) is 11.6. The Hall–Kier alpha value is -0.450. The predicted octanol–water partition coefficient (Wildman–Crippen LogP) is 2.57. The van der Waals surface area contributed by atoms with E-state index in [0.29, 0.717) is 12.1 Å². The van der Waals surface area contributed by atoms with Crippen LogP contribution in [0.5, 0.6) is 0 Å². The van der Waals surface area contributed by atoms with E-state index in [-0.39, 0.29) is 0 Å². The SMILES string of the molecule is CCC1CCNC(CNC(C)c2nccs2)C1. The van der Waals surface area contributed by atoms with Gasteiger partial charge in [0.15, 0.2) is 0 Å². The van der Waals surface area contributed by atoms with E-state index in [9.17, 15) is 0 Å². The molecule has 17 heavy (non-hydrogen) atoms. The Morgan fingerprint density at radius 2 is 2.53 bits per heavy atom. The van der Waals surface area contributed by atoms with Crippen molar-refractivity contribution in [1.29, 1.82) is 0 Å². The second-order valence-corrected chi connectivity index (χ2v) is 5.88. The monoisotopic (exact) mass is 253 g/mol. The molecule has 0 bridgehead atoms. The fourth-order valence-electron chi connectivity index (χ4n) is 2.48. The zero-order chi connectivity index (χ0) is 12.1. The van der Waals surface area contributed by atoms with Gasteiger partial charge in [-0.1, -0.05) is 13.3 Å². The van der Waals surface area contributed by atoms with Gasteiger partial charge in [-0.25, -0.2) is 4.98 Å². The van der Waals surface area contributed by atoms with E-state index >= 15 is 0 Å². The summed E-state index contributed by atoms with van der Waals surface area (Å²) in [7, 11) is 0. The molecule has 0 saturated carbocycles. The third-order valence-corrected chi connectivity index (χ3v) is 4.63. The second kappa shape index (κ2) is 6.47. The molecule has 1 aliphatic rings. The van der Waals surface area contributed by atoms with E-state index in [1.165, 1.54) is 30.8 Å². The molecule has 3 atom stereocenters. The van der Waals surface area contributed by atoms with Crippen molar-refractivity contribution >= 4 is 11.3 Å². The summed E-state index contributed by atoms with van der Waals surface area (Å²) < 4.78 is 0. The standard InChI is InChI=1S/C13H23N3S/c1-3-11-4-5-14-12(8-11)9-16-10(2)13-15-6-7-17-13/h6-7,10-12,14,16H,3-5,8-9H2,1-2H3. The minimum atomic E-state index is 0.374. The Bertz CT molecular complexity index is 312. The van der Waals surface area contributed by atoms with Crippen LogP contribution in [-0.2, 0) is 0 Å². The first-order valence-electron chi connectivity index (χ1n) is 6.65. The highest BCUT2D eigenvalue weighted by Gasteiger charge is 2.20. The van der Waals surface area contributed by atoms with Gasteiger partial charge in [-0.15, -0.1) is 11.3 Å². The van der Waals surface area contributed by atoms with Gasteiger partial charge >= 0.3 is 0 Å². The van der Waals surface area contributed by atoms with Gasteiger partial charge < -0.3 is 10.6 Å². The van der Waals surface area contributed by atoms with Crippen molar-refractivity contribution in [2.75, 3.05) is 13.1 Å². The first-order valence-corrected chi connectivity index (χ1v) is 7.53. The lowest BCUT2D eigenvalue weighted by molar-refractivity contribution is 0.283. The van der Waals surface area contributed by atoms with Gasteiger partial charge in [0.05, 0.1) is 6.04 Å². The number of aromatic nitrogens is 1. The third-order valence-electron chi connectivity index (χ3n) is 3.67. The summed E-state index contributed by atoms with van der Waals surface area (Å²) in [6.07, 6.45) is 5.85. The predicted molar refractivity (Wildman–Crippen MR) is 73.3 cm³/mol. The lowest BCUT2D eigenvalue weighted by Gasteiger charge is -2.30. The van der Waals surface area contributed by atoms with Gasteiger partial charge in [-0.05, 0) is 32.2 Å². The van der Waals surface area contributed by atoms with Crippen LogP contribution in [0.1, 0.15) is 44.2 Å². The first-order chi connectivity index (χ1) is 8.29. The Balaban J connectivity index is 1.74. The molecule has 0 aliphatic carbocycles. The molecular formula is C13H23N3S. The molecule has 96 valence electrons. The van der Waals surface area contributed by atoms with Crippen molar-refractivity contribution in [2.45, 2.75) is 45.2 Å². The smallest absolute Gasteiger partial charge is 0.109 e. The van der Waals surface area contributed by atoms with E-state index in [1.807, 2.05) is 11.6 Å². The number of thiazole rings is 1. The molecular weight excluding hydrogens is 230 g/mol. The summed E-state index contributed by atoms with van der Waals surface area (Å²) in [4.78, 5) is 4.35. The number of hydrogen-bond donors (Lipinski definition) is 2. The molecule has 2 heterocycles. The van der Waals surface area contributed by atoms with Crippen molar-refractivity contribution in [3.05, 3.63) is 16.6 Å². The van der Waals surface area contributed by atoms with Gasteiger partial charge in [0, 0.05) is 24.2 Å². The maximum absolute atomic E-state index is 4.35. The normalized spacial score (nSPS) is 26.9. The van der Waals surface area contributed by atoms with Gasteiger partial charge in [-0.3, -0.25) is 0 Å². The van der Waals surface area contributed by atoms with Crippen molar-refractivity contribution in [3.63, 3.8) is 0 Å². The third kappa shape index (κ3) is 3.76. The molecule has 1 aromatic rings.